The first-order valence-electron chi connectivity index (χ1n) is 5.41. The van der Waals surface area contributed by atoms with Crippen LogP contribution in [0.2, 0.25) is 0 Å². The maximum Gasteiger partial charge on any atom is 0.416 e. The van der Waals surface area contributed by atoms with E-state index in [0.29, 0.717) is 5.56 Å². The number of halogens is 4. The fourth-order valence-electron chi connectivity index (χ4n) is 1.50. The van der Waals surface area contributed by atoms with Crippen molar-refractivity contribution in [3.63, 3.8) is 0 Å². The lowest BCUT2D eigenvalue weighted by atomic mass is 10.1. The second-order valence-electron chi connectivity index (χ2n) is 3.86. The van der Waals surface area contributed by atoms with Crippen LogP contribution in [-0.2, 0) is 12.8 Å². The molecule has 0 saturated heterocycles. The van der Waals surface area contributed by atoms with Gasteiger partial charge in [0.15, 0.2) is 0 Å². The summed E-state index contributed by atoms with van der Waals surface area (Å²) in [7, 11) is 0. The normalized spacial score (nSPS) is 11.4. The van der Waals surface area contributed by atoms with Gasteiger partial charge >= 0.3 is 6.18 Å². The molecule has 5 heteroatoms. The van der Waals surface area contributed by atoms with E-state index in [2.05, 4.69) is 6.07 Å². The molecule has 0 aliphatic carbocycles. The standard InChI is InChI=1S/C14H9F4O/c15-12-5-2-6-13(8-12)19-9-10-3-1-4-11(7-10)14(16,17)18/h1-5,7-8H,9H2. The number of hydrogen-bond donors (Lipinski definition) is 0. The van der Waals surface area contributed by atoms with Crippen molar-refractivity contribution in [2.45, 2.75) is 12.8 Å². The minimum atomic E-state index is -4.39. The zero-order chi connectivity index (χ0) is 13.9. The Balaban J connectivity index is 2.08. The highest BCUT2D eigenvalue weighted by molar-refractivity contribution is 5.26. The Morgan fingerprint density at radius 1 is 1.11 bits per heavy atom. The van der Waals surface area contributed by atoms with E-state index >= 15 is 0 Å². The summed E-state index contributed by atoms with van der Waals surface area (Å²) in [6.45, 7) is -0.0795. The summed E-state index contributed by atoms with van der Waals surface area (Å²) in [6, 6.07) is 11.1. The van der Waals surface area contributed by atoms with Crippen LogP contribution in [0.4, 0.5) is 17.6 Å². The second-order valence-corrected chi connectivity index (χ2v) is 3.86. The first-order valence-corrected chi connectivity index (χ1v) is 5.41. The van der Waals surface area contributed by atoms with Gasteiger partial charge in [0.05, 0.1) is 5.56 Å². The first kappa shape index (κ1) is 13.4. The molecule has 2 aromatic rings. The zero-order valence-corrected chi connectivity index (χ0v) is 9.67. The molecule has 99 valence electrons. The third-order valence-electron chi connectivity index (χ3n) is 2.39. The van der Waals surface area contributed by atoms with Crippen molar-refractivity contribution in [1.82, 2.24) is 0 Å². The minimum absolute atomic E-state index is 0.0795. The predicted molar refractivity (Wildman–Crippen MR) is 61.0 cm³/mol. The average molecular weight is 269 g/mol. The molecule has 0 aliphatic rings. The molecule has 1 radical (unpaired) electrons. The summed E-state index contributed by atoms with van der Waals surface area (Å²) in [5, 5.41) is 0. The Hall–Kier alpha value is -2.04. The van der Waals surface area contributed by atoms with Crippen molar-refractivity contribution in [1.29, 1.82) is 0 Å². The van der Waals surface area contributed by atoms with Crippen LogP contribution in [0.5, 0.6) is 5.75 Å². The van der Waals surface area contributed by atoms with Crippen molar-refractivity contribution < 1.29 is 22.3 Å². The zero-order valence-electron chi connectivity index (χ0n) is 9.67. The Bertz CT molecular complexity index is 563. The monoisotopic (exact) mass is 269 g/mol. The minimum Gasteiger partial charge on any atom is -0.488 e. The van der Waals surface area contributed by atoms with E-state index in [1.54, 1.807) is 0 Å². The summed E-state index contributed by atoms with van der Waals surface area (Å²) in [4.78, 5) is 0. The van der Waals surface area contributed by atoms with Gasteiger partial charge in [-0.05, 0) is 29.8 Å². The van der Waals surface area contributed by atoms with Crippen LogP contribution >= 0.6 is 0 Å². The van der Waals surface area contributed by atoms with Crippen molar-refractivity contribution in [2.75, 3.05) is 0 Å². The maximum atomic E-state index is 12.9. The lowest BCUT2D eigenvalue weighted by Crippen LogP contribution is -2.06. The summed E-state index contributed by atoms with van der Waals surface area (Å²) < 4.78 is 55.5. The number of rotatable bonds is 3. The van der Waals surface area contributed by atoms with Gasteiger partial charge in [0, 0.05) is 12.1 Å². The molecule has 2 rings (SSSR count). The molecular formula is C14H9F4O. The Labute approximate surface area is 107 Å². The Morgan fingerprint density at radius 2 is 1.89 bits per heavy atom. The molecule has 0 aliphatic heterocycles. The highest BCUT2D eigenvalue weighted by Crippen LogP contribution is 2.29. The van der Waals surface area contributed by atoms with Gasteiger partial charge in [-0.2, -0.15) is 13.2 Å². The van der Waals surface area contributed by atoms with Gasteiger partial charge in [-0.1, -0.05) is 12.1 Å². The summed E-state index contributed by atoms with van der Waals surface area (Å²) in [6.07, 6.45) is -4.39. The summed E-state index contributed by atoms with van der Waals surface area (Å²) >= 11 is 0. The van der Waals surface area contributed by atoms with Gasteiger partial charge in [-0.15, -0.1) is 0 Å². The highest BCUT2D eigenvalue weighted by Gasteiger charge is 2.30. The number of benzene rings is 2. The maximum absolute atomic E-state index is 12.9. The second kappa shape index (κ2) is 5.30. The van der Waals surface area contributed by atoms with Crippen LogP contribution < -0.4 is 4.74 Å². The molecule has 0 amide bonds. The molecule has 0 spiro atoms. The molecule has 2 aromatic carbocycles. The quantitative estimate of drug-likeness (QED) is 0.758. The van der Waals surface area contributed by atoms with Crippen LogP contribution in [0.15, 0.2) is 42.5 Å². The first-order chi connectivity index (χ1) is 8.95. The van der Waals surface area contributed by atoms with Crippen LogP contribution in [-0.4, -0.2) is 0 Å². The molecule has 0 aromatic heterocycles. The Morgan fingerprint density at radius 3 is 2.58 bits per heavy atom. The lowest BCUT2D eigenvalue weighted by Gasteiger charge is -2.09. The van der Waals surface area contributed by atoms with Crippen LogP contribution in [0, 0.1) is 11.9 Å². The molecule has 19 heavy (non-hydrogen) atoms. The SMILES string of the molecule is Fc1cc[c]c(OCc2cccc(C(F)(F)F)c2)c1. The molecule has 0 atom stereocenters. The molecule has 1 nitrogen and oxygen atoms in total. The van der Waals surface area contributed by atoms with Gasteiger partial charge in [0.1, 0.15) is 18.2 Å². The molecule has 0 unspecified atom stereocenters. The van der Waals surface area contributed by atoms with E-state index in [1.807, 2.05) is 0 Å². The fourth-order valence-corrected chi connectivity index (χ4v) is 1.50. The molecule has 0 bridgehead atoms. The van der Waals surface area contributed by atoms with Gasteiger partial charge in [0.2, 0.25) is 0 Å². The number of alkyl halides is 3. The number of hydrogen-bond acceptors (Lipinski definition) is 1. The largest absolute Gasteiger partial charge is 0.488 e. The molecule has 0 saturated carbocycles. The average Bonchev–Trinajstić information content (AvgIpc) is 2.36. The molecule has 0 fully saturated rings. The van der Waals surface area contributed by atoms with E-state index in [-0.39, 0.29) is 12.4 Å². The Kier molecular flexibility index (Phi) is 3.74. The third-order valence-corrected chi connectivity index (χ3v) is 2.39. The van der Waals surface area contributed by atoms with Gasteiger partial charge in [-0.25, -0.2) is 4.39 Å². The van der Waals surface area contributed by atoms with E-state index < -0.39 is 17.6 Å². The van der Waals surface area contributed by atoms with Gasteiger partial charge in [-0.3, -0.25) is 0 Å². The van der Waals surface area contributed by atoms with E-state index in [0.717, 1.165) is 18.2 Å². The summed E-state index contributed by atoms with van der Waals surface area (Å²) in [5.41, 5.74) is -0.385. The predicted octanol–water partition coefficient (Wildman–Crippen LogP) is 4.22. The van der Waals surface area contributed by atoms with Crippen molar-refractivity contribution >= 4 is 0 Å². The van der Waals surface area contributed by atoms with Crippen LogP contribution in [0.1, 0.15) is 11.1 Å². The lowest BCUT2D eigenvalue weighted by molar-refractivity contribution is -0.137. The fraction of sp³-hybridized carbons (Fsp3) is 0.143. The van der Waals surface area contributed by atoms with Crippen LogP contribution in [0.25, 0.3) is 0 Å². The van der Waals surface area contributed by atoms with Crippen molar-refractivity contribution in [3.8, 4) is 5.75 Å². The van der Waals surface area contributed by atoms with E-state index in [1.165, 1.54) is 24.3 Å². The number of ether oxygens (including phenoxy) is 1. The van der Waals surface area contributed by atoms with Crippen LogP contribution in [0.3, 0.4) is 0 Å². The third kappa shape index (κ3) is 3.71. The van der Waals surface area contributed by atoms with E-state index in [9.17, 15) is 17.6 Å². The van der Waals surface area contributed by atoms with Gasteiger partial charge < -0.3 is 4.74 Å². The molecule has 0 heterocycles. The highest BCUT2D eigenvalue weighted by atomic mass is 19.4. The smallest absolute Gasteiger partial charge is 0.416 e. The van der Waals surface area contributed by atoms with E-state index in [4.69, 9.17) is 4.74 Å². The topological polar surface area (TPSA) is 9.23 Å². The van der Waals surface area contributed by atoms with Crippen molar-refractivity contribution in [2.24, 2.45) is 0 Å². The molecular weight excluding hydrogens is 260 g/mol. The molecule has 0 N–H and O–H groups in total. The van der Waals surface area contributed by atoms with Gasteiger partial charge in [0.25, 0.3) is 0 Å². The van der Waals surface area contributed by atoms with Crippen molar-refractivity contribution in [3.05, 3.63) is 65.5 Å². The summed E-state index contributed by atoms with van der Waals surface area (Å²) in [5.74, 6) is -0.338.